The highest BCUT2D eigenvalue weighted by Crippen LogP contribution is 2.17. The van der Waals surface area contributed by atoms with Gasteiger partial charge in [0, 0.05) is 18.3 Å². The molecule has 7 nitrogen and oxygen atoms in total. The predicted octanol–water partition coefficient (Wildman–Crippen LogP) is 5.12. The van der Waals surface area contributed by atoms with Crippen LogP contribution in [-0.4, -0.2) is 16.1 Å². The Morgan fingerprint density at radius 3 is 2.36 bits per heavy atom. The molecule has 2 N–H and O–H groups in total. The first-order valence-electron chi connectivity index (χ1n) is 8.49. The number of amides is 1. The fourth-order valence-corrected chi connectivity index (χ4v) is 1.88. The number of nitro benzene ring substituents is 1. The Hall–Kier alpha value is -2.65. The van der Waals surface area contributed by atoms with Crippen molar-refractivity contribution in [3.8, 4) is 5.75 Å². The van der Waals surface area contributed by atoms with E-state index in [0.717, 1.165) is 12.0 Å². The summed E-state index contributed by atoms with van der Waals surface area (Å²) in [6.45, 7) is 7.95. The number of benzene rings is 1. The molecule has 0 fully saturated rings. The zero-order valence-corrected chi connectivity index (χ0v) is 18.2. The monoisotopic (exact) mass is 425 g/mol. The van der Waals surface area contributed by atoms with Crippen LogP contribution in [0.15, 0.2) is 60.3 Å². The van der Waals surface area contributed by atoms with Gasteiger partial charge >= 0.3 is 6.09 Å². The minimum Gasteiger partial charge on any atom is -0.410 e. The number of carbonyl (C=O) groups is 1. The van der Waals surface area contributed by atoms with Crippen LogP contribution in [0.4, 0.5) is 10.5 Å². The fraction of sp³-hybridized carbons (Fsp3) is 0.263. The molecule has 0 aliphatic heterocycles. The summed E-state index contributed by atoms with van der Waals surface area (Å²) in [5.41, 5.74) is 0.918. The molecule has 0 atom stereocenters. The van der Waals surface area contributed by atoms with Crippen LogP contribution in [-0.2, 0) is 0 Å². The van der Waals surface area contributed by atoms with Gasteiger partial charge in [0.1, 0.15) is 5.75 Å². The second-order valence-corrected chi connectivity index (χ2v) is 5.09. The van der Waals surface area contributed by atoms with Crippen molar-refractivity contribution in [2.45, 2.75) is 34.1 Å². The first-order chi connectivity index (χ1) is 13.0. The number of rotatable bonds is 6. The average molecular weight is 426 g/mol. The van der Waals surface area contributed by atoms with E-state index in [4.69, 9.17) is 17.0 Å². The van der Waals surface area contributed by atoms with Crippen LogP contribution in [0.3, 0.4) is 0 Å². The van der Waals surface area contributed by atoms with Crippen molar-refractivity contribution >= 4 is 42.6 Å². The van der Waals surface area contributed by atoms with E-state index in [1.165, 1.54) is 24.3 Å². The molecule has 0 unspecified atom stereocenters. The lowest BCUT2D eigenvalue weighted by atomic mass is 10.2. The second kappa shape index (κ2) is 16.5. The normalized spacial score (nSPS) is 10.5. The predicted molar refractivity (Wildman–Crippen MR) is 122 cm³/mol. The molecule has 0 saturated heterocycles. The van der Waals surface area contributed by atoms with E-state index in [1.54, 1.807) is 6.20 Å². The lowest BCUT2D eigenvalue weighted by Crippen LogP contribution is -2.38. The highest BCUT2D eigenvalue weighted by Gasteiger charge is 2.09. The van der Waals surface area contributed by atoms with Crippen LogP contribution in [0, 0.1) is 10.1 Å². The molecule has 0 spiro atoms. The number of allylic oxidation sites excluding steroid dienone is 5. The summed E-state index contributed by atoms with van der Waals surface area (Å²) in [6.07, 6.45) is 9.43. The molecule has 1 amide bonds. The number of carbonyl (C=O) groups excluding carboxylic acids is 1. The van der Waals surface area contributed by atoms with E-state index in [9.17, 15) is 14.9 Å². The summed E-state index contributed by atoms with van der Waals surface area (Å²) in [6, 6.07) is 5.13. The highest BCUT2D eigenvalue weighted by atomic mass is 32.1. The summed E-state index contributed by atoms with van der Waals surface area (Å²) in [5, 5.41) is 15.7. The van der Waals surface area contributed by atoms with Crippen molar-refractivity contribution < 1.29 is 14.5 Å². The van der Waals surface area contributed by atoms with Gasteiger partial charge in [0.25, 0.3) is 5.69 Å². The number of ether oxygens (including phenoxy) is 1. The van der Waals surface area contributed by atoms with Crippen LogP contribution in [0.25, 0.3) is 0 Å². The van der Waals surface area contributed by atoms with Gasteiger partial charge in [-0.1, -0.05) is 39.0 Å². The molecule has 0 heterocycles. The van der Waals surface area contributed by atoms with E-state index in [2.05, 4.69) is 10.6 Å². The average Bonchev–Trinajstić information content (AvgIpc) is 2.64. The Morgan fingerprint density at radius 2 is 1.86 bits per heavy atom. The maximum absolute atomic E-state index is 11.7. The van der Waals surface area contributed by atoms with Crippen molar-refractivity contribution in [3.05, 3.63) is 70.5 Å². The molecule has 0 bridgehead atoms. The Bertz CT molecular complexity index is 714. The van der Waals surface area contributed by atoms with E-state index >= 15 is 0 Å². The van der Waals surface area contributed by atoms with Crippen LogP contribution >= 0.6 is 25.7 Å². The van der Waals surface area contributed by atoms with Crippen molar-refractivity contribution in [3.63, 3.8) is 0 Å². The van der Waals surface area contributed by atoms with Crippen LogP contribution < -0.4 is 15.4 Å². The van der Waals surface area contributed by atoms with Gasteiger partial charge in [0.2, 0.25) is 0 Å². The molecule has 28 heavy (non-hydrogen) atoms. The van der Waals surface area contributed by atoms with Gasteiger partial charge in [-0.15, -0.1) is 0 Å². The summed E-state index contributed by atoms with van der Waals surface area (Å²) in [5.74, 6) is 0.169. The number of hydrogen-bond donors (Lipinski definition) is 2. The summed E-state index contributed by atoms with van der Waals surface area (Å²) in [4.78, 5) is 21.7. The molecule has 0 saturated carbocycles. The highest BCUT2D eigenvalue weighted by molar-refractivity contribution is 7.80. The Morgan fingerprint density at radius 1 is 1.25 bits per heavy atom. The molecule has 1 rings (SSSR count). The van der Waals surface area contributed by atoms with E-state index < -0.39 is 11.0 Å². The summed E-state index contributed by atoms with van der Waals surface area (Å²) >= 11 is 4.98. The summed E-state index contributed by atoms with van der Waals surface area (Å²) < 4.78 is 4.98. The van der Waals surface area contributed by atoms with Crippen molar-refractivity contribution in [2.75, 3.05) is 0 Å². The number of non-ortho nitro benzene ring substituents is 1. The molecule has 0 aromatic heterocycles. The molecular formula is C19H27N3O4S2. The zero-order chi connectivity index (χ0) is 20.7. The molecule has 0 aliphatic rings. The van der Waals surface area contributed by atoms with Gasteiger partial charge in [0.05, 0.1) is 4.92 Å². The number of nitrogens with zero attached hydrogens (tertiary/aromatic N) is 1. The van der Waals surface area contributed by atoms with Crippen LogP contribution in [0.1, 0.15) is 34.1 Å². The number of thiocarbonyl (C=S) groups is 1. The number of nitro groups is 1. The minimum atomic E-state index is -0.794. The smallest absolute Gasteiger partial charge is 0.410 e. The van der Waals surface area contributed by atoms with Crippen molar-refractivity contribution in [1.29, 1.82) is 0 Å². The van der Waals surface area contributed by atoms with Gasteiger partial charge in [0.15, 0.2) is 5.11 Å². The van der Waals surface area contributed by atoms with E-state index in [0.29, 0.717) is 0 Å². The zero-order valence-electron chi connectivity index (χ0n) is 16.4. The first kappa shape index (κ1) is 27.6. The molecule has 0 radical (unpaired) electrons. The van der Waals surface area contributed by atoms with E-state index in [-0.39, 0.29) is 30.0 Å². The Labute approximate surface area is 178 Å². The Balaban J connectivity index is 0. The molecule has 0 aliphatic carbocycles. The van der Waals surface area contributed by atoms with Gasteiger partial charge in [-0.2, -0.15) is 13.5 Å². The number of hydrogen-bond acceptors (Lipinski definition) is 5. The lowest BCUT2D eigenvalue weighted by molar-refractivity contribution is -0.384. The topological polar surface area (TPSA) is 93.5 Å². The molecule has 1 aromatic rings. The number of nitrogens with one attached hydrogen (secondary N) is 2. The van der Waals surface area contributed by atoms with Gasteiger partial charge in [-0.25, -0.2) is 4.79 Å². The SMILES string of the molecule is CC.C\C=C/C(/C=C/NC(=S)NC(=O)Oc1ccc([N+](=O)[O-])cc1)=C\CC.S. The van der Waals surface area contributed by atoms with Crippen LogP contribution in [0.5, 0.6) is 5.75 Å². The van der Waals surface area contributed by atoms with Crippen molar-refractivity contribution in [2.24, 2.45) is 0 Å². The first-order valence-corrected chi connectivity index (χ1v) is 8.90. The second-order valence-electron chi connectivity index (χ2n) is 4.68. The third kappa shape index (κ3) is 11.9. The Kier molecular flexibility index (Phi) is 16.3. The van der Waals surface area contributed by atoms with Gasteiger partial charge < -0.3 is 10.1 Å². The van der Waals surface area contributed by atoms with Gasteiger partial charge in [-0.3, -0.25) is 15.4 Å². The lowest BCUT2D eigenvalue weighted by Gasteiger charge is -2.07. The maximum Gasteiger partial charge on any atom is 0.418 e. The largest absolute Gasteiger partial charge is 0.418 e. The van der Waals surface area contributed by atoms with Gasteiger partial charge in [-0.05, 0) is 49.3 Å². The fourth-order valence-electron chi connectivity index (χ4n) is 1.73. The summed E-state index contributed by atoms with van der Waals surface area (Å²) in [7, 11) is 0. The standard InChI is InChI=1S/C17H19N3O4S.C2H6.H2S/c1-3-5-13(6-4-2)11-12-18-16(25)19-17(21)24-15-9-7-14(8-10-15)20(22)23;1-2;/h3,5-12H,4H2,1-2H3,(H2,18,19,21,25);1-2H3;1H2/b5-3-,12-11+,13-6+;;. The maximum atomic E-state index is 11.7. The third-order valence-corrected chi connectivity index (χ3v) is 2.98. The molecular weight excluding hydrogens is 398 g/mol. The minimum absolute atomic E-state index is 0. The molecule has 154 valence electrons. The van der Waals surface area contributed by atoms with E-state index in [1.807, 2.05) is 52.0 Å². The quantitative estimate of drug-likeness (QED) is 0.284. The van der Waals surface area contributed by atoms with Crippen LogP contribution in [0.2, 0.25) is 0 Å². The molecule has 9 heteroatoms. The third-order valence-electron chi connectivity index (χ3n) is 2.76. The molecule has 1 aromatic carbocycles. The van der Waals surface area contributed by atoms with Crippen molar-refractivity contribution in [1.82, 2.24) is 10.6 Å².